The van der Waals surface area contributed by atoms with Gasteiger partial charge in [0.1, 0.15) is 12.4 Å². The molecule has 0 aliphatic heterocycles. The van der Waals surface area contributed by atoms with Crippen molar-refractivity contribution in [1.29, 1.82) is 0 Å². The average molecular weight is 289 g/mol. The maximum atomic E-state index is 13.3. The minimum Gasteiger partial charge on any atom is -0.329 e. The predicted molar refractivity (Wildman–Crippen MR) is 65.4 cm³/mol. The molecule has 108 valence electrons. The van der Waals surface area contributed by atoms with Crippen LogP contribution in [-0.2, 0) is 0 Å². The number of halogens is 4. The van der Waals surface area contributed by atoms with E-state index >= 15 is 0 Å². The Labute approximate surface area is 112 Å². The van der Waals surface area contributed by atoms with Gasteiger partial charge < -0.3 is 16.4 Å². The topological polar surface area (TPSA) is 67.1 Å². The van der Waals surface area contributed by atoms with Gasteiger partial charge in [-0.05, 0) is 18.2 Å². The molecular formula is C12H11F4N3O. The first kappa shape index (κ1) is 15.8. The molecule has 0 spiro atoms. The Morgan fingerprint density at radius 3 is 2.65 bits per heavy atom. The molecule has 0 aliphatic rings. The number of rotatable bonds is 2. The van der Waals surface area contributed by atoms with Crippen LogP contribution in [0.4, 0.5) is 28.0 Å². The third-order valence-electron chi connectivity index (χ3n) is 2.00. The number of carbonyl (C=O) groups is 1. The molecular weight excluding hydrogens is 278 g/mol. The van der Waals surface area contributed by atoms with Crippen LogP contribution in [0, 0.1) is 17.7 Å². The normalized spacial score (nSPS) is 10.4. The van der Waals surface area contributed by atoms with Crippen molar-refractivity contribution in [2.45, 2.75) is 6.18 Å². The second-order valence-corrected chi connectivity index (χ2v) is 3.62. The first-order chi connectivity index (χ1) is 9.31. The Hall–Kier alpha value is -2.27. The quantitative estimate of drug-likeness (QED) is 0.574. The summed E-state index contributed by atoms with van der Waals surface area (Å²) in [5.74, 6) is 4.25. The summed E-state index contributed by atoms with van der Waals surface area (Å²) in [5.41, 5.74) is 5.25. The van der Waals surface area contributed by atoms with Crippen molar-refractivity contribution in [2.24, 2.45) is 5.73 Å². The van der Waals surface area contributed by atoms with Gasteiger partial charge in [0, 0.05) is 5.69 Å². The third-order valence-corrected chi connectivity index (χ3v) is 2.00. The summed E-state index contributed by atoms with van der Waals surface area (Å²) in [6, 6.07) is 2.40. The number of urea groups is 1. The van der Waals surface area contributed by atoms with Gasteiger partial charge in [-0.1, -0.05) is 11.8 Å². The summed E-state index contributed by atoms with van der Waals surface area (Å²) in [5, 5.41) is 3.77. The summed E-state index contributed by atoms with van der Waals surface area (Å²) >= 11 is 0. The molecule has 0 unspecified atom stereocenters. The molecule has 1 rings (SSSR count). The lowest BCUT2D eigenvalue weighted by Crippen LogP contribution is -2.36. The number of hydrogen-bond acceptors (Lipinski definition) is 2. The molecule has 4 nitrogen and oxygen atoms in total. The van der Waals surface area contributed by atoms with Gasteiger partial charge in [0.2, 0.25) is 0 Å². The molecule has 0 radical (unpaired) electrons. The molecule has 1 aromatic carbocycles. The zero-order valence-corrected chi connectivity index (χ0v) is 10.1. The lowest BCUT2D eigenvalue weighted by molar-refractivity contribution is -0.122. The van der Waals surface area contributed by atoms with Crippen LogP contribution in [0.5, 0.6) is 0 Å². The molecule has 0 heterocycles. The van der Waals surface area contributed by atoms with E-state index in [0.717, 1.165) is 6.07 Å². The molecule has 0 saturated heterocycles. The van der Waals surface area contributed by atoms with E-state index in [9.17, 15) is 22.4 Å². The fourth-order valence-corrected chi connectivity index (χ4v) is 1.20. The molecule has 4 N–H and O–H groups in total. The van der Waals surface area contributed by atoms with E-state index in [2.05, 4.69) is 17.2 Å². The van der Waals surface area contributed by atoms with Crippen LogP contribution in [0.3, 0.4) is 0 Å². The summed E-state index contributed by atoms with van der Waals surface area (Å²) in [6.07, 6.45) is -4.50. The van der Waals surface area contributed by atoms with Gasteiger partial charge in [0.25, 0.3) is 0 Å². The number of nitrogens with two attached hydrogens (primary N) is 1. The molecule has 0 aromatic heterocycles. The van der Waals surface area contributed by atoms with Crippen molar-refractivity contribution in [1.82, 2.24) is 5.32 Å². The monoisotopic (exact) mass is 289 g/mol. The van der Waals surface area contributed by atoms with E-state index in [0.29, 0.717) is 0 Å². The van der Waals surface area contributed by atoms with Gasteiger partial charge in [0.15, 0.2) is 0 Å². The maximum Gasteiger partial charge on any atom is 0.405 e. The van der Waals surface area contributed by atoms with Crippen molar-refractivity contribution < 1.29 is 22.4 Å². The zero-order chi connectivity index (χ0) is 15.2. The number of alkyl halides is 3. The lowest BCUT2D eigenvalue weighted by Gasteiger charge is -2.10. The second-order valence-electron chi connectivity index (χ2n) is 3.62. The smallest absolute Gasteiger partial charge is 0.329 e. The van der Waals surface area contributed by atoms with E-state index < -0.39 is 24.6 Å². The van der Waals surface area contributed by atoms with Crippen LogP contribution < -0.4 is 16.4 Å². The Morgan fingerprint density at radius 1 is 1.35 bits per heavy atom. The average Bonchev–Trinajstić information content (AvgIpc) is 2.36. The number of amides is 2. The van der Waals surface area contributed by atoms with Crippen molar-refractivity contribution in [3.8, 4) is 11.8 Å². The molecule has 1 aromatic rings. The number of benzene rings is 1. The molecule has 8 heteroatoms. The number of nitrogens with one attached hydrogen (secondary N) is 2. The largest absolute Gasteiger partial charge is 0.405 e. The highest BCUT2D eigenvalue weighted by Crippen LogP contribution is 2.15. The van der Waals surface area contributed by atoms with E-state index in [4.69, 9.17) is 5.73 Å². The highest BCUT2D eigenvalue weighted by Gasteiger charge is 2.27. The van der Waals surface area contributed by atoms with Crippen molar-refractivity contribution in [3.63, 3.8) is 0 Å². The van der Waals surface area contributed by atoms with Gasteiger partial charge in [-0.15, -0.1) is 0 Å². The Bertz CT molecular complexity index is 546. The molecule has 0 saturated carbocycles. The summed E-state index contributed by atoms with van der Waals surface area (Å²) in [4.78, 5) is 11.2. The fraction of sp³-hybridized carbons (Fsp3) is 0.250. The standard InChI is InChI=1S/C12H11F4N3O/c13-10-4-3-9(6-8(10)2-1-5-17)19-11(20)18-7-12(14,15)16/h3-4,6H,5,7,17H2,(H2,18,19,20). The van der Waals surface area contributed by atoms with Crippen molar-refractivity contribution in [2.75, 3.05) is 18.4 Å². The molecule has 0 atom stereocenters. The first-order valence-corrected chi connectivity index (χ1v) is 5.42. The Balaban J connectivity index is 2.71. The summed E-state index contributed by atoms with van der Waals surface area (Å²) < 4.78 is 49.0. The van der Waals surface area contributed by atoms with Crippen molar-refractivity contribution >= 4 is 11.7 Å². The van der Waals surface area contributed by atoms with E-state index in [-0.39, 0.29) is 17.8 Å². The Morgan fingerprint density at radius 2 is 2.05 bits per heavy atom. The van der Waals surface area contributed by atoms with Gasteiger partial charge in [0.05, 0.1) is 12.1 Å². The predicted octanol–water partition coefficient (Wildman–Crippen LogP) is 1.82. The Kier molecular flexibility index (Phi) is 5.34. The lowest BCUT2D eigenvalue weighted by atomic mass is 10.2. The summed E-state index contributed by atoms with van der Waals surface area (Å²) in [6.45, 7) is -1.43. The molecule has 20 heavy (non-hydrogen) atoms. The van der Waals surface area contributed by atoms with Crippen LogP contribution in [0.1, 0.15) is 5.56 Å². The van der Waals surface area contributed by atoms with Crippen LogP contribution in [0.25, 0.3) is 0 Å². The van der Waals surface area contributed by atoms with E-state index in [1.54, 1.807) is 5.32 Å². The second kappa shape index (κ2) is 6.77. The number of carbonyl (C=O) groups excluding carboxylic acids is 1. The fourth-order valence-electron chi connectivity index (χ4n) is 1.20. The highest BCUT2D eigenvalue weighted by atomic mass is 19.4. The summed E-state index contributed by atoms with van der Waals surface area (Å²) in [7, 11) is 0. The SMILES string of the molecule is NCC#Cc1cc(NC(=O)NCC(F)(F)F)ccc1F. The van der Waals surface area contributed by atoms with Crippen LogP contribution >= 0.6 is 0 Å². The molecule has 0 bridgehead atoms. The van der Waals surface area contributed by atoms with Gasteiger partial charge in [-0.25, -0.2) is 9.18 Å². The van der Waals surface area contributed by atoms with Crippen LogP contribution in [0.15, 0.2) is 18.2 Å². The minimum atomic E-state index is -4.50. The third kappa shape index (κ3) is 5.58. The molecule has 0 fully saturated rings. The maximum absolute atomic E-state index is 13.3. The minimum absolute atomic E-state index is 0.0101. The van der Waals surface area contributed by atoms with E-state index in [1.165, 1.54) is 12.1 Å². The van der Waals surface area contributed by atoms with Crippen molar-refractivity contribution in [3.05, 3.63) is 29.6 Å². The van der Waals surface area contributed by atoms with Crippen LogP contribution in [0.2, 0.25) is 0 Å². The molecule has 2 amide bonds. The van der Waals surface area contributed by atoms with Gasteiger partial charge in [-0.3, -0.25) is 0 Å². The van der Waals surface area contributed by atoms with Crippen LogP contribution in [-0.4, -0.2) is 25.3 Å². The molecule has 0 aliphatic carbocycles. The van der Waals surface area contributed by atoms with Gasteiger partial charge in [-0.2, -0.15) is 13.2 Å². The number of hydrogen-bond donors (Lipinski definition) is 3. The first-order valence-electron chi connectivity index (χ1n) is 5.42. The highest BCUT2D eigenvalue weighted by molar-refractivity contribution is 5.89. The van der Waals surface area contributed by atoms with E-state index in [1.807, 2.05) is 0 Å². The van der Waals surface area contributed by atoms with Gasteiger partial charge >= 0.3 is 12.2 Å². The zero-order valence-electron chi connectivity index (χ0n) is 10.1. The number of anilines is 1.